The first-order chi connectivity index (χ1) is 11.1. The molecule has 1 aromatic carbocycles. The fourth-order valence-electron chi connectivity index (χ4n) is 3.38. The van der Waals surface area contributed by atoms with E-state index in [4.69, 9.17) is 9.15 Å². The van der Waals surface area contributed by atoms with E-state index in [1.54, 1.807) is 7.11 Å². The average Bonchev–Trinajstić information content (AvgIpc) is 3.16. The number of nitrogens with one attached hydrogen (secondary N) is 1. The lowest BCUT2D eigenvalue weighted by Crippen LogP contribution is -2.40. The largest absolute Gasteiger partial charge is 0.497 e. The minimum Gasteiger partial charge on any atom is -0.497 e. The van der Waals surface area contributed by atoms with Crippen molar-refractivity contribution in [2.24, 2.45) is 0 Å². The summed E-state index contributed by atoms with van der Waals surface area (Å²) in [5, 5.41) is 3.95. The SMILES string of the molecule is CCN1CCC[C@H]1CNC(=O)c1oc2ccc(OC)cc2c1C. The molecule has 2 heterocycles. The van der Waals surface area contributed by atoms with E-state index < -0.39 is 0 Å². The molecular weight excluding hydrogens is 292 g/mol. The van der Waals surface area contributed by atoms with Crippen LogP contribution >= 0.6 is 0 Å². The molecule has 3 rings (SSSR count). The monoisotopic (exact) mass is 316 g/mol. The van der Waals surface area contributed by atoms with Crippen molar-refractivity contribution in [2.75, 3.05) is 26.7 Å². The van der Waals surface area contributed by atoms with Gasteiger partial charge < -0.3 is 14.5 Å². The predicted molar refractivity (Wildman–Crippen MR) is 90.1 cm³/mol. The van der Waals surface area contributed by atoms with Gasteiger partial charge in [-0.2, -0.15) is 0 Å². The number of methoxy groups -OCH3 is 1. The highest BCUT2D eigenvalue weighted by molar-refractivity contribution is 5.99. The predicted octanol–water partition coefficient (Wildman–Crippen LogP) is 2.96. The van der Waals surface area contributed by atoms with Gasteiger partial charge in [0.15, 0.2) is 5.76 Å². The fourth-order valence-corrected chi connectivity index (χ4v) is 3.38. The third-order valence-electron chi connectivity index (χ3n) is 4.75. The number of fused-ring (bicyclic) bond motifs is 1. The summed E-state index contributed by atoms with van der Waals surface area (Å²) in [6, 6.07) is 6.02. The number of benzene rings is 1. The minimum atomic E-state index is -0.138. The Balaban J connectivity index is 1.74. The van der Waals surface area contributed by atoms with Crippen LogP contribution in [0.2, 0.25) is 0 Å². The van der Waals surface area contributed by atoms with E-state index in [1.807, 2.05) is 25.1 Å². The number of amides is 1. The van der Waals surface area contributed by atoms with E-state index in [0.29, 0.717) is 23.9 Å². The summed E-state index contributed by atoms with van der Waals surface area (Å²) in [5.74, 6) is 1.02. The Morgan fingerprint density at radius 2 is 2.30 bits per heavy atom. The van der Waals surface area contributed by atoms with Crippen LogP contribution in [0, 0.1) is 6.92 Å². The number of rotatable bonds is 5. The molecule has 0 aliphatic carbocycles. The molecule has 0 bridgehead atoms. The second-order valence-electron chi connectivity index (χ2n) is 6.05. The van der Waals surface area contributed by atoms with E-state index in [-0.39, 0.29) is 5.91 Å². The minimum absolute atomic E-state index is 0.138. The molecule has 1 aliphatic heterocycles. The summed E-state index contributed by atoms with van der Waals surface area (Å²) < 4.78 is 11.0. The average molecular weight is 316 g/mol. The van der Waals surface area contributed by atoms with Gasteiger partial charge in [0.05, 0.1) is 7.11 Å². The van der Waals surface area contributed by atoms with Gasteiger partial charge >= 0.3 is 0 Å². The van der Waals surface area contributed by atoms with Crippen molar-refractivity contribution in [3.05, 3.63) is 29.5 Å². The molecule has 5 nitrogen and oxygen atoms in total. The van der Waals surface area contributed by atoms with Crippen LogP contribution in [-0.4, -0.2) is 43.6 Å². The maximum absolute atomic E-state index is 12.5. The molecule has 23 heavy (non-hydrogen) atoms. The Morgan fingerprint density at radius 3 is 3.04 bits per heavy atom. The summed E-state index contributed by atoms with van der Waals surface area (Å²) in [6.45, 7) is 6.90. The second kappa shape index (κ2) is 6.62. The molecule has 2 aromatic rings. The van der Waals surface area contributed by atoms with Gasteiger partial charge in [-0.1, -0.05) is 6.92 Å². The van der Waals surface area contributed by atoms with E-state index in [0.717, 1.165) is 36.2 Å². The number of carbonyl (C=O) groups is 1. The molecule has 0 radical (unpaired) electrons. The molecule has 124 valence electrons. The van der Waals surface area contributed by atoms with E-state index in [9.17, 15) is 4.79 Å². The lowest BCUT2D eigenvalue weighted by atomic mass is 10.1. The van der Waals surface area contributed by atoms with E-state index >= 15 is 0 Å². The van der Waals surface area contributed by atoms with Crippen LogP contribution in [0.3, 0.4) is 0 Å². The summed E-state index contributed by atoms with van der Waals surface area (Å²) >= 11 is 0. The Kier molecular flexibility index (Phi) is 4.57. The highest BCUT2D eigenvalue weighted by Crippen LogP contribution is 2.28. The number of ether oxygens (including phenoxy) is 1. The van der Waals surface area contributed by atoms with Crippen LogP contribution in [0.15, 0.2) is 22.6 Å². The van der Waals surface area contributed by atoms with Crippen molar-refractivity contribution < 1.29 is 13.9 Å². The van der Waals surface area contributed by atoms with Crippen LogP contribution in [0.4, 0.5) is 0 Å². The van der Waals surface area contributed by atoms with Gasteiger partial charge in [-0.05, 0) is 51.1 Å². The van der Waals surface area contributed by atoms with Crippen LogP contribution in [0.1, 0.15) is 35.9 Å². The number of likely N-dealkylation sites (tertiary alicyclic amines) is 1. The number of nitrogens with zero attached hydrogens (tertiary/aromatic N) is 1. The molecule has 1 atom stereocenters. The number of hydrogen-bond acceptors (Lipinski definition) is 4. The van der Waals surface area contributed by atoms with Crippen molar-refractivity contribution in [3.8, 4) is 5.75 Å². The lowest BCUT2D eigenvalue weighted by Gasteiger charge is -2.22. The highest BCUT2D eigenvalue weighted by Gasteiger charge is 2.24. The van der Waals surface area contributed by atoms with Crippen molar-refractivity contribution in [1.82, 2.24) is 10.2 Å². The molecule has 5 heteroatoms. The first kappa shape index (κ1) is 15.9. The number of carbonyl (C=O) groups excluding carboxylic acids is 1. The van der Waals surface area contributed by atoms with Gasteiger partial charge in [-0.25, -0.2) is 0 Å². The number of hydrogen-bond donors (Lipinski definition) is 1. The second-order valence-corrected chi connectivity index (χ2v) is 6.05. The van der Waals surface area contributed by atoms with Crippen LogP contribution in [-0.2, 0) is 0 Å². The van der Waals surface area contributed by atoms with Crippen LogP contribution in [0.5, 0.6) is 5.75 Å². The lowest BCUT2D eigenvalue weighted by molar-refractivity contribution is 0.0915. The molecule has 1 aromatic heterocycles. The Hall–Kier alpha value is -2.01. The van der Waals surface area contributed by atoms with E-state index in [2.05, 4.69) is 17.1 Å². The summed E-state index contributed by atoms with van der Waals surface area (Å²) in [7, 11) is 1.63. The molecule has 1 amide bonds. The number of likely N-dealkylation sites (N-methyl/N-ethyl adjacent to an activating group) is 1. The highest BCUT2D eigenvalue weighted by atomic mass is 16.5. The Labute approximate surface area is 136 Å². The maximum Gasteiger partial charge on any atom is 0.287 e. The van der Waals surface area contributed by atoms with Gasteiger partial charge in [0.1, 0.15) is 11.3 Å². The van der Waals surface area contributed by atoms with Gasteiger partial charge in [0.2, 0.25) is 0 Å². The fraction of sp³-hybridized carbons (Fsp3) is 0.500. The zero-order chi connectivity index (χ0) is 16.4. The number of aryl methyl sites for hydroxylation is 1. The van der Waals surface area contributed by atoms with Gasteiger partial charge in [-0.3, -0.25) is 9.69 Å². The zero-order valence-corrected chi connectivity index (χ0v) is 14.0. The topological polar surface area (TPSA) is 54.7 Å². The van der Waals surface area contributed by atoms with Gasteiger partial charge in [-0.15, -0.1) is 0 Å². The summed E-state index contributed by atoms with van der Waals surface area (Å²) in [4.78, 5) is 14.9. The van der Waals surface area contributed by atoms with Crippen LogP contribution < -0.4 is 10.1 Å². The summed E-state index contributed by atoms with van der Waals surface area (Å²) in [5.41, 5.74) is 1.57. The van der Waals surface area contributed by atoms with Gasteiger partial charge in [0, 0.05) is 23.5 Å². The van der Waals surface area contributed by atoms with E-state index in [1.165, 1.54) is 6.42 Å². The van der Waals surface area contributed by atoms with Crippen molar-refractivity contribution in [1.29, 1.82) is 0 Å². The Bertz CT molecular complexity index is 708. The first-order valence-electron chi connectivity index (χ1n) is 8.23. The molecular formula is C18H24N2O3. The third kappa shape index (κ3) is 3.06. The van der Waals surface area contributed by atoms with Gasteiger partial charge in [0.25, 0.3) is 5.91 Å². The Morgan fingerprint density at radius 1 is 1.48 bits per heavy atom. The summed E-state index contributed by atoms with van der Waals surface area (Å²) in [6.07, 6.45) is 2.35. The molecule has 1 saturated heterocycles. The smallest absolute Gasteiger partial charge is 0.287 e. The third-order valence-corrected chi connectivity index (χ3v) is 4.75. The standard InChI is InChI=1S/C18H24N2O3/c1-4-20-9-5-6-13(20)11-19-18(21)17-12(2)15-10-14(22-3)7-8-16(15)23-17/h7-8,10,13H,4-6,9,11H2,1-3H3,(H,19,21)/t13-/m0/s1. The first-order valence-corrected chi connectivity index (χ1v) is 8.23. The molecule has 0 spiro atoms. The molecule has 1 N–H and O–H groups in total. The molecule has 0 unspecified atom stereocenters. The van der Waals surface area contributed by atoms with Crippen molar-refractivity contribution in [2.45, 2.75) is 32.7 Å². The molecule has 0 saturated carbocycles. The van der Waals surface area contributed by atoms with Crippen LogP contribution in [0.25, 0.3) is 11.0 Å². The van der Waals surface area contributed by atoms with Crippen molar-refractivity contribution >= 4 is 16.9 Å². The molecule has 1 fully saturated rings. The quantitative estimate of drug-likeness (QED) is 0.921. The normalized spacial score (nSPS) is 18.5. The number of furan rings is 1. The molecule has 1 aliphatic rings. The zero-order valence-electron chi connectivity index (χ0n) is 14.0. The van der Waals surface area contributed by atoms with Crippen molar-refractivity contribution in [3.63, 3.8) is 0 Å². The maximum atomic E-state index is 12.5.